The number of carbonyl (C=O) groups excluding carboxylic acids is 1. The Morgan fingerprint density at radius 2 is 1.89 bits per heavy atom. The van der Waals surface area contributed by atoms with E-state index in [-0.39, 0.29) is 17.3 Å². The molecular weight excluding hydrogens is 667 g/mol. The third-order valence-electron chi connectivity index (χ3n) is 6.60. The van der Waals surface area contributed by atoms with Crippen LogP contribution in [0, 0.1) is 5.82 Å². The van der Waals surface area contributed by atoms with Crippen molar-refractivity contribution < 1.29 is 23.1 Å². The summed E-state index contributed by atoms with van der Waals surface area (Å²) >= 11 is 9.65. The minimum atomic E-state index is -0.556. The third-order valence-corrected chi connectivity index (χ3v) is 7.43. The molecule has 6 rings (SSSR count). The smallest absolute Gasteiger partial charge is 0.282 e. The lowest BCUT2D eigenvalue weighted by atomic mass is 10.2. The maximum atomic E-state index is 13.9. The van der Waals surface area contributed by atoms with Gasteiger partial charge >= 0.3 is 0 Å². The van der Waals surface area contributed by atoms with Crippen molar-refractivity contribution in [2.45, 2.75) is 6.92 Å². The highest BCUT2D eigenvalue weighted by Gasteiger charge is 2.18. The van der Waals surface area contributed by atoms with Crippen molar-refractivity contribution in [3.8, 4) is 23.1 Å². The fraction of sp³-hybridized carbons (Fsp3) is 0.0909. The first-order valence-electron chi connectivity index (χ1n) is 13.7. The number of fused-ring (bicyclic) bond motifs is 2. The minimum Gasteiger partial charge on any atom is -0.490 e. The van der Waals surface area contributed by atoms with Crippen LogP contribution in [0.25, 0.3) is 33.5 Å². The number of furan rings is 1. The average molecular weight is 690 g/mol. The summed E-state index contributed by atoms with van der Waals surface area (Å²) in [5.74, 6) is 0.0187. The third kappa shape index (κ3) is 6.45. The van der Waals surface area contributed by atoms with Crippen molar-refractivity contribution in [1.82, 2.24) is 9.66 Å². The number of anilines is 1. The predicted octanol–water partition coefficient (Wildman–Crippen LogP) is 7.66. The Morgan fingerprint density at radius 3 is 2.71 bits per heavy atom. The lowest BCUT2D eigenvalue weighted by Crippen LogP contribution is -2.21. The quantitative estimate of drug-likeness (QED) is 0.156. The van der Waals surface area contributed by atoms with Crippen LogP contribution in [0.1, 0.15) is 12.5 Å². The number of aromatic nitrogens is 2. The van der Waals surface area contributed by atoms with Gasteiger partial charge in [0.25, 0.3) is 11.5 Å². The molecule has 0 fully saturated rings. The lowest BCUT2D eigenvalue weighted by Gasteiger charge is -2.15. The van der Waals surface area contributed by atoms with Crippen LogP contribution in [0.3, 0.4) is 0 Å². The Kier molecular flexibility index (Phi) is 8.63. The van der Waals surface area contributed by atoms with Gasteiger partial charge in [0.15, 0.2) is 23.9 Å². The summed E-state index contributed by atoms with van der Waals surface area (Å²) in [4.78, 5) is 30.8. The summed E-state index contributed by atoms with van der Waals surface area (Å²) < 4.78 is 33.1. The molecule has 2 heterocycles. The van der Waals surface area contributed by atoms with E-state index in [9.17, 15) is 14.0 Å². The molecule has 0 aliphatic heterocycles. The zero-order valence-electron chi connectivity index (χ0n) is 23.6. The summed E-state index contributed by atoms with van der Waals surface area (Å²) in [5, 5.41) is 8.66. The van der Waals surface area contributed by atoms with Gasteiger partial charge in [-0.3, -0.25) is 9.59 Å². The molecule has 0 unspecified atom stereocenters. The van der Waals surface area contributed by atoms with Gasteiger partial charge in [0, 0.05) is 10.4 Å². The molecule has 226 valence electrons. The van der Waals surface area contributed by atoms with E-state index in [4.69, 9.17) is 30.5 Å². The molecule has 0 spiro atoms. The van der Waals surface area contributed by atoms with E-state index >= 15 is 0 Å². The maximum Gasteiger partial charge on any atom is 0.282 e. The van der Waals surface area contributed by atoms with Crippen molar-refractivity contribution in [3.63, 3.8) is 0 Å². The van der Waals surface area contributed by atoms with Gasteiger partial charge in [-0.1, -0.05) is 35.9 Å². The van der Waals surface area contributed by atoms with Gasteiger partial charge in [-0.2, -0.15) is 9.78 Å². The molecule has 1 amide bonds. The standard InChI is InChI=1S/C33H23BrClFN4O5/c1-2-43-28-14-19(13-23(34)31(28)44-18-30(41)38-26-10-6-4-8-24(26)36)17-37-40-32(39-25-9-5-3-7-22(25)33(40)42)29-16-20-15-21(35)11-12-27(20)45-29/h3-17H,2,18H2,1H3,(H,38,41). The second kappa shape index (κ2) is 12.9. The van der Waals surface area contributed by atoms with E-state index in [0.717, 1.165) is 5.39 Å². The van der Waals surface area contributed by atoms with Crippen molar-refractivity contribution >= 4 is 67.2 Å². The van der Waals surface area contributed by atoms with Gasteiger partial charge in [-0.15, -0.1) is 0 Å². The van der Waals surface area contributed by atoms with E-state index in [1.165, 1.54) is 29.1 Å². The number of hydrogen-bond donors (Lipinski definition) is 1. The van der Waals surface area contributed by atoms with E-state index < -0.39 is 23.9 Å². The Balaban J connectivity index is 1.33. The van der Waals surface area contributed by atoms with Crippen LogP contribution in [-0.2, 0) is 4.79 Å². The minimum absolute atomic E-state index is 0.0472. The van der Waals surface area contributed by atoms with E-state index in [1.54, 1.807) is 73.7 Å². The molecule has 9 nitrogen and oxygen atoms in total. The highest BCUT2D eigenvalue weighted by molar-refractivity contribution is 9.10. The number of nitrogens with zero attached hydrogens (tertiary/aromatic N) is 3. The van der Waals surface area contributed by atoms with E-state index in [1.807, 2.05) is 0 Å². The molecule has 0 saturated heterocycles. The topological polar surface area (TPSA) is 108 Å². The summed E-state index contributed by atoms with van der Waals surface area (Å²) in [6.45, 7) is 1.71. The lowest BCUT2D eigenvalue weighted by molar-refractivity contribution is -0.118. The number of ether oxygens (including phenoxy) is 2. The monoisotopic (exact) mass is 688 g/mol. The fourth-order valence-corrected chi connectivity index (χ4v) is 5.35. The number of para-hydroxylation sites is 2. The molecule has 12 heteroatoms. The number of rotatable bonds is 9. The second-order valence-corrected chi connectivity index (χ2v) is 11.0. The zero-order chi connectivity index (χ0) is 31.5. The van der Waals surface area contributed by atoms with Gasteiger partial charge in [-0.25, -0.2) is 9.37 Å². The van der Waals surface area contributed by atoms with Crippen molar-refractivity contribution in [2.75, 3.05) is 18.5 Å². The Bertz CT molecular complexity index is 2160. The summed E-state index contributed by atoms with van der Waals surface area (Å²) in [6, 6.07) is 23.1. The van der Waals surface area contributed by atoms with Crippen molar-refractivity contribution in [2.24, 2.45) is 5.10 Å². The molecular formula is C33H23BrClFN4O5. The van der Waals surface area contributed by atoms with Crippen LogP contribution in [0.2, 0.25) is 5.02 Å². The molecule has 0 aliphatic carbocycles. The van der Waals surface area contributed by atoms with E-state index in [0.29, 0.717) is 49.7 Å². The van der Waals surface area contributed by atoms with Gasteiger partial charge in [0.2, 0.25) is 5.82 Å². The molecule has 0 saturated carbocycles. The summed E-state index contributed by atoms with van der Waals surface area (Å²) in [5.41, 5.74) is 1.28. The van der Waals surface area contributed by atoms with Crippen molar-refractivity contribution in [3.05, 3.63) is 116 Å². The molecule has 4 aromatic carbocycles. The Morgan fingerprint density at radius 1 is 1.09 bits per heavy atom. The average Bonchev–Trinajstić information content (AvgIpc) is 3.44. The van der Waals surface area contributed by atoms with Gasteiger partial charge in [0.05, 0.1) is 33.9 Å². The number of benzene rings is 4. The SMILES string of the molecule is CCOc1cc(C=Nn2c(-c3cc4cc(Cl)ccc4o3)nc3ccccc3c2=O)cc(Br)c1OCC(=O)Nc1ccccc1F. The first-order chi connectivity index (χ1) is 21.8. The normalized spacial score (nSPS) is 11.4. The van der Waals surface area contributed by atoms with Crippen LogP contribution in [0.4, 0.5) is 10.1 Å². The summed E-state index contributed by atoms with van der Waals surface area (Å²) in [6.07, 6.45) is 1.48. The summed E-state index contributed by atoms with van der Waals surface area (Å²) in [7, 11) is 0. The maximum absolute atomic E-state index is 13.9. The number of nitrogens with one attached hydrogen (secondary N) is 1. The number of halogens is 3. The zero-order valence-corrected chi connectivity index (χ0v) is 25.9. The first-order valence-corrected chi connectivity index (χ1v) is 14.9. The molecule has 0 bridgehead atoms. The van der Waals surface area contributed by atoms with Crippen LogP contribution >= 0.6 is 27.5 Å². The van der Waals surface area contributed by atoms with Gasteiger partial charge in [-0.05, 0) is 89.1 Å². The molecule has 45 heavy (non-hydrogen) atoms. The number of carbonyl (C=O) groups is 1. The van der Waals surface area contributed by atoms with Crippen molar-refractivity contribution in [1.29, 1.82) is 0 Å². The van der Waals surface area contributed by atoms with Crippen LogP contribution in [0.5, 0.6) is 11.5 Å². The molecule has 0 atom stereocenters. The Hall–Kier alpha value is -5.00. The second-order valence-electron chi connectivity index (χ2n) is 9.69. The molecule has 0 radical (unpaired) electrons. The van der Waals surface area contributed by atoms with Crippen LogP contribution in [-0.4, -0.2) is 35.0 Å². The Labute approximate surface area is 269 Å². The van der Waals surface area contributed by atoms with E-state index in [2.05, 4.69) is 26.3 Å². The molecule has 6 aromatic rings. The molecule has 2 aromatic heterocycles. The molecule has 1 N–H and O–H groups in total. The van der Waals surface area contributed by atoms with Gasteiger partial charge in [0.1, 0.15) is 11.4 Å². The number of amides is 1. The van der Waals surface area contributed by atoms with Gasteiger partial charge < -0.3 is 19.2 Å². The number of hydrogen-bond acceptors (Lipinski definition) is 7. The van der Waals surface area contributed by atoms with Crippen LogP contribution in [0.15, 0.2) is 104 Å². The van der Waals surface area contributed by atoms with Crippen LogP contribution < -0.4 is 20.3 Å². The molecule has 0 aliphatic rings. The highest BCUT2D eigenvalue weighted by atomic mass is 79.9. The first kappa shape index (κ1) is 30.0. The fourth-order valence-electron chi connectivity index (χ4n) is 4.59. The largest absolute Gasteiger partial charge is 0.490 e. The predicted molar refractivity (Wildman–Crippen MR) is 175 cm³/mol. The highest BCUT2D eigenvalue weighted by Crippen LogP contribution is 2.37.